The molecule has 0 radical (unpaired) electrons. The van der Waals surface area contributed by atoms with Crippen LogP contribution in [0.15, 0.2) is 51.6 Å². The van der Waals surface area contributed by atoms with E-state index in [0.717, 1.165) is 6.07 Å². The van der Waals surface area contributed by atoms with E-state index in [1.54, 1.807) is 30.5 Å². The van der Waals surface area contributed by atoms with Crippen LogP contribution in [0.25, 0.3) is 11.5 Å². The van der Waals surface area contributed by atoms with Gasteiger partial charge in [-0.1, -0.05) is 11.2 Å². The van der Waals surface area contributed by atoms with Gasteiger partial charge in [-0.2, -0.15) is 0 Å². The summed E-state index contributed by atoms with van der Waals surface area (Å²) in [5.74, 6) is -0.671. The molecule has 0 aliphatic carbocycles. The van der Waals surface area contributed by atoms with Crippen LogP contribution in [0.4, 0.5) is 8.78 Å². The maximum absolute atomic E-state index is 13.6. The molecule has 2 atom stereocenters. The SMILES string of the molecule is O[C@@H]1C[C@H](c2ccc(F)c(F)c2)N(Cc2cc(-c3ccco3)on2)C1. The Morgan fingerprint density at radius 1 is 1.16 bits per heavy atom. The van der Waals surface area contributed by atoms with E-state index in [4.69, 9.17) is 8.94 Å². The van der Waals surface area contributed by atoms with Crippen LogP contribution in [-0.4, -0.2) is 27.8 Å². The smallest absolute Gasteiger partial charge is 0.202 e. The monoisotopic (exact) mass is 346 g/mol. The second kappa shape index (κ2) is 6.42. The lowest BCUT2D eigenvalue weighted by Crippen LogP contribution is -2.24. The second-order valence-corrected chi connectivity index (χ2v) is 6.17. The first-order chi connectivity index (χ1) is 12.1. The van der Waals surface area contributed by atoms with E-state index in [9.17, 15) is 13.9 Å². The molecule has 130 valence electrons. The molecular formula is C18H16F2N2O3. The van der Waals surface area contributed by atoms with Crippen LogP contribution in [0.2, 0.25) is 0 Å². The maximum Gasteiger partial charge on any atom is 0.202 e. The molecule has 2 aromatic heterocycles. The van der Waals surface area contributed by atoms with Gasteiger partial charge in [0.1, 0.15) is 0 Å². The van der Waals surface area contributed by atoms with Crippen LogP contribution in [0.5, 0.6) is 0 Å². The van der Waals surface area contributed by atoms with Crippen molar-refractivity contribution >= 4 is 0 Å². The fourth-order valence-corrected chi connectivity index (χ4v) is 3.25. The van der Waals surface area contributed by atoms with E-state index >= 15 is 0 Å². The van der Waals surface area contributed by atoms with E-state index in [1.807, 2.05) is 4.90 Å². The molecule has 1 aromatic carbocycles. The van der Waals surface area contributed by atoms with E-state index < -0.39 is 17.7 Å². The number of rotatable bonds is 4. The summed E-state index contributed by atoms with van der Waals surface area (Å²) in [5.41, 5.74) is 1.30. The highest BCUT2D eigenvalue weighted by Gasteiger charge is 2.33. The first-order valence-corrected chi connectivity index (χ1v) is 7.96. The summed E-state index contributed by atoms with van der Waals surface area (Å²) in [7, 11) is 0. The minimum Gasteiger partial charge on any atom is -0.461 e. The molecule has 1 fully saturated rings. The first-order valence-electron chi connectivity index (χ1n) is 7.96. The molecule has 0 saturated carbocycles. The van der Waals surface area contributed by atoms with Gasteiger partial charge in [-0.15, -0.1) is 0 Å². The third-order valence-corrected chi connectivity index (χ3v) is 4.40. The zero-order valence-corrected chi connectivity index (χ0v) is 13.2. The Labute approximate surface area is 142 Å². The normalized spacial score (nSPS) is 21.1. The van der Waals surface area contributed by atoms with Crippen molar-refractivity contribution in [3.63, 3.8) is 0 Å². The summed E-state index contributed by atoms with van der Waals surface area (Å²) in [6.07, 6.45) is 1.47. The third-order valence-electron chi connectivity index (χ3n) is 4.40. The van der Waals surface area contributed by atoms with Gasteiger partial charge in [0.05, 0.1) is 18.1 Å². The minimum atomic E-state index is -0.889. The van der Waals surface area contributed by atoms with Gasteiger partial charge in [-0.25, -0.2) is 8.78 Å². The zero-order chi connectivity index (χ0) is 17.4. The Kier molecular flexibility index (Phi) is 4.10. The first kappa shape index (κ1) is 16.0. The average Bonchev–Trinajstić information content (AvgIpc) is 3.31. The van der Waals surface area contributed by atoms with Gasteiger partial charge < -0.3 is 14.0 Å². The number of aromatic nitrogens is 1. The maximum atomic E-state index is 13.6. The molecule has 3 heterocycles. The molecule has 7 heteroatoms. The molecule has 1 saturated heterocycles. The molecule has 0 unspecified atom stereocenters. The minimum absolute atomic E-state index is 0.214. The molecule has 0 bridgehead atoms. The number of hydrogen-bond donors (Lipinski definition) is 1. The molecule has 1 aliphatic heterocycles. The van der Waals surface area contributed by atoms with Crippen molar-refractivity contribution < 1.29 is 22.8 Å². The van der Waals surface area contributed by atoms with Crippen LogP contribution in [0, 0.1) is 11.6 Å². The van der Waals surface area contributed by atoms with Crippen molar-refractivity contribution in [2.45, 2.75) is 25.1 Å². The molecular weight excluding hydrogens is 330 g/mol. The molecule has 25 heavy (non-hydrogen) atoms. The molecule has 4 rings (SSSR count). The Hall–Kier alpha value is -2.51. The number of benzene rings is 1. The van der Waals surface area contributed by atoms with E-state index in [-0.39, 0.29) is 6.04 Å². The van der Waals surface area contributed by atoms with Crippen LogP contribution >= 0.6 is 0 Å². The quantitative estimate of drug-likeness (QED) is 0.783. The summed E-state index contributed by atoms with van der Waals surface area (Å²) in [5, 5.41) is 14.0. The van der Waals surface area contributed by atoms with Crippen molar-refractivity contribution in [1.29, 1.82) is 0 Å². The Balaban J connectivity index is 1.55. The highest BCUT2D eigenvalue weighted by molar-refractivity contribution is 5.49. The predicted octanol–water partition coefficient (Wildman–Crippen LogP) is 3.52. The third kappa shape index (κ3) is 3.20. The number of furan rings is 1. The molecule has 0 amide bonds. The number of halogens is 2. The van der Waals surface area contributed by atoms with Crippen LogP contribution < -0.4 is 0 Å². The summed E-state index contributed by atoms with van der Waals surface area (Å²) in [4.78, 5) is 1.97. The Morgan fingerprint density at radius 3 is 2.80 bits per heavy atom. The van der Waals surface area contributed by atoms with Crippen molar-refractivity contribution in [3.05, 3.63) is 65.6 Å². The van der Waals surface area contributed by atoms with Crippen LogP contribution in [0.1, 0.15) is 23.7 Å². The number of likely N-dealkylation sites (tertiary alicyclic amines) is 1. The molecule has 1 N–H and O–H groups in total. The number of aliphatic hydroxyl groups excluding tert-OH is 1. The largest absolute Gasteiger partial charge is 0.461 e. The van der Waals surface area contributed by atoms with Gasteiger partial charge in [-0.3, -0.25) is 4.90 Å². The summed E-state index contributed by atoms with van der Waals surface area (Å²) < 4.78 is 37.3. The fourth-order valence-electron chi connectivity index (χ4n) is 3.25. The number of β-amino-alcohol motifs (C(OH)–C–C–N with tert-alkyl or cyclic N) is 1. The Morgan fingerprint density at radius 2 is 2.04 bits per heavy atom. The zero-order valence-electron chi connectivity index (χ0n) is 13.2. The highest BCUT2D eigenvalue weighted by atomic mass is 19.2. The molecule has 0 spiro atoms. The summed E-state index contributed by atoms with van der Waals surface area (Å²) in [6, 6.07) is 8.92. The highest BCUT2D eigenvalue weighted by Crippen LogP contribution is 2.34. The van der Waals surface area contributed by atoms with Gasteiger partial charge in [0.2, 0.25) is 5.76 Å². The predicted molar refractivity (Wildman–Crippen MR) is 84.3 cm³/mol. The fraction of sp³-hybridized carbons (Fsp3) is 0.278. The van der Waals surface area contributed by atoms with Crippen LogP contribution in [0.3, 0.4) is 0 Å². The van der Waals surface area contributed by atoms with Gasteiger partial charge >= 0.3 is 0 Å². The van der Waals surface area contributed by atoms with E-state index in [2.05, 4.69) is 5.16 Å². The topological polar surface area (TPSA) is 62.6 Å². The van der Waals surface area contributed by atoms with Crippen molar-refractivity contribution in [2.24, 2.45) is 0 Å². The van der Waals surface area contributed by atoms with Gasteiger partial charge in [0, 0.05) is 25.2 Å². The van der Waals surface area contributed by atoms with Gasteiger partial charge in [-0.05, 0) is 36.2 Å². The average molecular weight is 346 g/mol. The summed E-state index contributed by atoms with van der Waals surface area (Å²) in [6.45, 7) is 0.845. The van der Waals surface area contributed by atoms with Crippen molar-refractivity contribution in [2.75, 3.05) is 6.54 Å². The van der Waals surface area contributed by atoms with E-state index in [1.165, 1.54) is 6.07 Å². The van der Waals surface area contributed by atoms with Gasteiger partial charge in [0.25, 0.3) is 0 Å². The molecule has 5 nitrogen and oxygen atoms in total. The number of hydrogen-bond acceptors (Lipinski definition) is 5. The molecule has 1 aliphatic rings. The lowest BCUT2D eigenvalue weighted by atomic mass is 10.0. The van der Waals surface area contributed by atoms with Gasteiger partial charge in [0.15, 0.2) is 17.4 Å². The lowest BCUT2D eigenvalue weighted by molar-refractivity contribution is 0.171. The van der Waals surface area contributed by atoms with Crippen molar-refractivity contribution in [3.8, 4) is 11.5 Å². The summed E-state index contributed by atoms with van der Waals surface area (Å²) >= 11 is 0. The number of nitrogens with zero attached hydrogens (tertiary/aromatic N) is 2. The standard InChI is InChI=1S/C18H16F2N2O3/c19-14-4-3-11(6-15(14)20)16-8-13(23)10-22(16)9-12-7-18(25-21-12)17-2-1-5-24-17/h1-7,13,16,23H,8-10H2/t13-,16-/m1/s1. The molecule has 3 aromatic rings. The number of aliphatic hydroxyl groups is 1. The second-order valence-electron chi connectivity index (χ2n) is 6.17. The van der Waals surface area contributed by atoms with Crippen LogP contribution in [-0.2, 0) is 6.54 Å². The lowest BCUT2D eigenvalue weighted by Gasteiger charge is -2.23. The van der Waals surface area contributed by atoms with E-state index in [0.29, 0.717) is 42.3 Å². The van der Waals surface area contributed by atoms with Crippen molar-refractivity contribution in [1.82, 2.24) is 10.1 Å². The Bertz CT molecular complexity index is 863.